The van der Waals surface area contributed by atoms with Crippen LogP contribution in [0.5, 0.6) is 0 Å². The van der Waals surface area contributed by atoms with Crippen molar-refractivity contribution in [2.75, 3.05) is 29.9 Å². The Morgan fingerprint density at radius 1 is 1.05 bits per heavy atom. The number of rotatable bonds is 7. The largest absolute Gasteiger partial charge is 0.371 e. The smallest absolute Gasteiger partial charge is 0.272 e. The van der Waals surface area contributed by atoms with Crippen LogP contribution < -0.4 is 15.5 Å². The van der Waals surface area contributed by atoms with Crippen LogP contribution in [0, 0.1) is 12.8 Å². The van der Waals surface area contributed by atoms with Gasteiger partial charge >= 0.3 is 0 Å². The molecule has 0 aliphatic carbocycles. The maximum Gasteiger partial charge on any atom is 0.272 e. The zero-order chi connectivity index (χ0) is 26.6. The molecule has 3 heterocycles. The number of benzene rings is 1. The molecule has 9 heteroatoms. The quantitative estimate of drug-likeness (QED) is 0.440. The van der Waals surface area contributed by atoms with E-state index in [4.69, 9.17) is 11.6 Å². The van der Waals surface area contributed by atoms with Crippen molar-refractivity contribution < 1.29 is 9.59 Å². The van der Waals surface area contributed by atoms with E-state index in [1.807, 2.05) is 45.3 Å². The van der Waals surface area contributed by atoms with Crippen LogP contribution in [-0.4, -0.2) is 46.2 Å². The maximum absolute atomic E-state index is 13.1. The number of nitrogens with one attached hydrogen (secondary N) is 2. The zero-order valence-electron chi connectivity index (χ0n) is 21.9. The SMILES string of the molecule is Cc1c(C(=O)NCCC2CCN(c3ccncc3)CC2)nn(C(C)(C)C)c1NC(=O)c1ccccc1Cl. The molecule has 1 saturated heterocycles. The molecule has 196 valence electrons. The van der Waals surface area contributed by atoms with Gasteiger partial charge in [0.05, 0.1) is 16.1 Å². The molecule has 37 heavy (non-hydrogen) atoms. The van der Waals surface area contributed by atoms with E-state index in [-0.39, 0.29) is 11.8 Å². The number of aromatic nitrogens is 3. The van der Waals surface area contributed by atoms with Gasteiger partial charge in [-0.3, -0.25) is 14.6 Å². The van der Waals surface area contributed by atoms with E-state index in [9.17, 15) is 9.59 Å². The van der Waals surface area contributed by atoms with Crippen molar-refractivity contribution in [3.8, 4) is 0 Å². The molecule has 1 aliphatic rings. The molecule has 2 amide bonds. The zero-order valence-corrected chi connectivity index (χ0v) is 22.7. The van der Waals surface area contributed by atoms with E-state index in [1.165, 1.54) is 5.69 Å². The third kappa shape index (κ3) is 6.31. The summed E-state index contributed by atoms with van der Waals surface area (Å²) in [4.78, 5) is 32.6. The van der Waals surface area contributed by atoms with Crippen molar-refractivity contribution in [2.45, 2.75) is 52.5 Å². The van der Waals surface area contributed by atoms with E-state index in [0.717, 1.165) is 32.4 Å². The molecule has 0 atom stereocenters. The summed E-state index contributed by atoms with van der Waals surface area (Å²) in [5.74, 6) is 0.482. The minimum Gasteiger partial charge on any atom is -0.371 e. The number of hydrogen-bond acceptors (Lipinski definition) is 5. The Morgan fingerprint density at radius 3 is 2.38 bits per heavy atom. The molecule has 0 spiro atoms. The Hall–Kier alpha value is -3.39. The lowest BCUT2D eigenvalue weighted by atomic mass is 9.93. The number of carbonyl (C=O) groups excluding carboxylic acids is 2. The first-order valence-corrected chi connectivity index (χ1v) is 13.1. The lowest BCUT2D eigenvalue weighted by Gasteiger charge is -2.33. The number of carbonyl (C=O) groups is 2. The second kappa shape index (κ2) is 11.3. The molecule has 2 N–H and O–H groups in total. The van der Waals surface area contributed by atoms with Crippen LogP contribution in [0.4, 0.5) is 11.5 Å². The predicted octanol–water partition coefficient (Wildman–Crippen LogP) is 5.28. The summed E-state index contributed by atoms with van der Waals surface area (Å²) in [5, 5.41) is 10.9. The van der Waals surface area contributed by atoms with Gasteiger partial charge in [-0.25, -0.2) is 4.68 Å². The topological polar surface area (TPSA) is 92.2 Å². The minimum absolute atomic E-state index is 0.233. The third-order valence-electron chi connectivity index (χ3n) is 6.80. The Labute approximate surface area is 223 Å². The van der Waals surface area contributed by atoms with E-state index < -0.39 is 5.54 Å². The molecule has 4 rings (SSSR count). The molecule has 3 aromatic rings. The fourth-order valence-corrected chi connectivity index (χ4v) is 4.89. The van der Waals surface area contributed by atoms with Gasteiger partial charge in [0.2, 0.25) is 0 Å². The Morgan fingerprint density at radius 2 is 1.73 bits per heavy atom. The monoisotopic (exact) mass is 522 g/mol. The van der Waals surface area contributed by atoms with Crippen LogP contribution in [-0.2, 0) is 5.54 Å². The van der Waals surface area contributed by atoms with Gasteiger partial charge < -0.3 is 15.5 Å². The summed E-state index contributed by atoms with van der Waals surface area (Å²) in [7, 11) is 0. The fourth-order valence-electron chi connectivity index (χ4n) is 4.67. The van der Waals surface area contributed by atoms with Gasteiger partial charge in [0.1, 0.15) is 5.82 Å². The van der Waals surface area contributed by atoms with Crippen molar-refractivity contribution >= 4 is 34.9 Å². The van der Waals surface area contributed by atoms with E-state index in [1.54, 1.807) is 35.9 Å². The summed E-state index contributed by atoms with van der Waals surface area (Å²) < 4.78 is 1.70. The average Bonchev–Trinajstić information content (AvgIpc) is 3.21. The van der Waals surface area contributed by atoms with Crippen molar-refractivity contribution in [1.82, 2.24) is 20.1 Å². The van der Waals surface area contributed by atoms with Gasteiger partial charge in [-0.05, 0) is 77.1 Å². The predicted molar refractivity (Wildman–Crippen MR) is 147 cm³/mol. The number of piperidine rings is 1. The highest BCUT2D eigenvalue weighted by Crippen LogP contribution is 2.28. The average molecular weight is 523 g/mol. The van der Waals surface area contributed by atoms with Crippen LogP contribution in [0.3, 0.4) is 0 Å². The first kappa shape index (κ1) is 26.7. The number of nitrogens with zero attached hydrogens (tertiary/aromatic N) is 4. The van der Waals surface area contributed by atoms with E-state index in [2.05, 4.69) is 25.6 Å². The number of hydrogen-bond donors (Lipinski definition) is 2. The summed E-state index contributed by atoms with van der Waals surface area (Å²) in [6.45, 7) is 10.3. The van der Waals surface area contributed by atoms with E-state index >= 15 is 0 Å². The number of halogens is 1. The summed E-state index contributed by atoms with van der Waals surface area (Å²) in [6, 6.07) is 11.0. The molecule has 2 aromatic heterocycles. The fraction of sp³-hybridized carbons (Fsp3) is 0.429. The first-order valence-electron chi connectivity index (χ1n) is 12.7. The molecule has 1 aliphatic heterocycles. The Balaban J connectivity index is 1.38. The van der Waals surface area contributed by atoms with Crippen LogP contribution in [0.15, 0.2) is 48.8 Å². The molecule has 0 bridgehead atoms. The van der Waals surface area contributed by atoms with Gasteiger partial charge in [-0.2, -0.15) is 5.10 Å². The van der Waals surface area contributed by atoms with Crippen molar-refractivity contribution in [3.05, 3.63) is 70.6 Å². The molecule has 0 radical (unpaired) electrons. The van der Waals surface area contributed by atoms with Crippen molar-refractivity contribution in [1.29, 1.82) is 0 Å². The maximum atomic E-state index is 13.1. The molecule has 0 unspecified atom stereocenters. The van der Waals surface area contributed by atoms with Gasteiger partial charge in [-0.15, -0.1) is 0 Å². The summed E-state index contributed by atoms with van der Waals surface area (Å²) in [5.41, 5.74) is 2.07. The van der Waals surface area contributed by atoms with Crippen molar-refractivity contribution in [3.63, 3.8) is 0 Å². The molecule has 1 aromatic carbocycles. The third-order valence-corrected chi connectivity index (χ3v) is 7.13. The molecular formula is C28H35ClN6O2. The second-order valence-electron chi connectivity index (χ2n) is 10.5. The van der Waals surface area contributed by atoms with Crippen LogP contribution in [0.2, 0.25) is 5.02 Å². The van der Waals surface area contributed by atoms with Crippen LogP contribution >= 0.6 is 11.6 Å². The molecule has 1 fully saturated rings. The normalized spacial score (nSPS) is 14.5. The van der Waals surface area contributed by atoms with Crippen LogP contribution in [0.1, 0.15) is 66.4 Å². The summed E-state index contributed by atoms with van der Waals surface area (Å²) in [6.07, 6.45) is 6.76. The Kier molecular flexibility index (Phi) is 8.17. The second-order valence-corrected chi connectivity index (χ2v) is 10.9. The van der Waals surface area contributed by atoms with Gasteiger partial charge in [0.15, 0.2) is 5.69 Å². The number of pyridine rings is 1. The first-order chi connectivity index (χ1) is 17.6. The lowest BCUT2D eigenvalue weighted by Crippen LogP contribution is -2.35. The van der Waals surface area contributed by atoms with Gasteiger partial charge in [0.25, 0.3) is 11.8 Å². The minimum atomic E-state index is -0.449. The van der Waals surface area contributed by atoms with Gasteiger partial charge in [0, 0.05) is 43.3 Å². The lowest BCUT2D eigenvalue weighted by molar-refractivity contribution is 0.0942. The van der Waals surface area contributed by atoms with Crippen LogP contribution in [0.25, 0.3) is 0 Å². The van der Waals surface area contributed by atoms with Crippen molar-refractivity contribution in [2.24, 2.45) is 5.92 Å². The highest BCUT2D eigenvalue weighted by Gasteiger charge is 2.28. The molecular weight excluding hydrogens is 488 g/mol. The Bertz CT molecular complexity index is 1240. The number of anilines is 2. The highest BCUT2D eigenvalue weighted by molar-refractivity contribution is 6.34. The van der Waals surface area contributed by atoms with E-state index in [0.29, 0.717) is 40.1 Å². The summed E-state index contributed by atoms with van der Waals surface area (Å²) >= 11 is 6.22. The molecule has 8 nitrogen and oxygen atoms in total. The highest BCUT2D eigenvalue weighted by atomic mass is 35.5. The number of amides is 2. The van der Waals surface area contributed by atoms with Gasteiger partial charge in [-0.1, -0.05) is 23.7 Å². The standard InChI is InChI=1S/C28H35ClN6O2/c1-19-24(27(37)31-16-9-20-12-17-34(18-13-20)21-10-14-30-15-11-21)33-35(28(2,3)4)25(19)32-26(36)22-7-5-6-8-23(22)29/h5-8,10-11,14-15,20H,9,12-13,16-18H2,1-4H3,(H,31,37)(H,32,36). The molecule has 0 saturated carbocycles.